The van der Waals surface area contributed by atoms with Crippen LogP contribution in [-0.4, -0.2) is 63.9 Å². The van der Waals surface area contributed by atoms with E-state index in [2.05, 4.69) is 0 Å². The molecule has 0 N–H and O–H groups in total. The van der Waals surface area contributed by atoms with Gasteiger partial charge in [-0.05, 0) is 49.1 Å². The number of carbonyl (C=O) groups excluding carboxylic acids is 1. The molecule has 1 aliphatic rings. The number of hydrogen-bond acceptors (Lipinski definition) is 5. The van der Waals surface area contributed by atoms with Gasteiger partial charge in [-0.15, -0.1) is 0 Å². The molecule has 2 aromatic rings. The summed E-state index contributed by atoms with van der Waals surface area (Å²) in [6, 6.07) is 14.3. The second kappa shape index (κ2) is 12.0. The van der Waals surface area contributed by atoms with E-state index >= 15 is 0 Å². The lowest BCUT2D eigenvalue weighted by molar-refractivity contribution is -0.130. The molecule has 2 aromatic carbocycles. The molecule has 8 heteroatoms. The van der Waals surface area contributed by atoms with Crippen LogP contribution in [0, 0.1) is 0 Å². The largest absolute Gasteiger partial charge is 0.493 e. The van der Waals surface area contributed by atoms with Crippen LogP contribution in [0.25, 0.3) is 0 Å². The van der Waals surface area contributed by atoms with E-state index in [0.717, 1.165) is 31.2 Å². The molecule has 1 heterocycles. The van der Waals surface area contributed by atoms with Crippen molar-refractivity contribution in [3.63, 3.8) is 0 Å². The van der Waals surface area contributed by atoms with Crippen molar-refractivity contribution in [3.05, 3.63) is 54.1 Å². The van der Waals surface area contributed by atoms with E-state index < -0.39 is 10.0 Å². The van der Waals surface area contributed by atoms with Crippen LogP contribution < -0.4 is 9.47 Å². The molecule has 1 saturated heterocycles. The molecule has 1 fully saturated rings. The number of aryl methyl sites for hydroxylation is 1. The maximum absolute atomic E-state index is 12.9. The van der Waals surface area contributed by atoms with Crippen LogP contribution in [0.2, 0.25) is 0 Å². The van der Waals surface area contributed by atoms with Crippen molar-refractivity contribution in [2.24, 2.45) is 0 Å². The molecule has 0 atom stereocenters. The van der Waals surface area contributed by atoms with Crippen LogP contribution >= 0.6 is 0 Å². The highest BCUT2D eigenvalue weighted by atomic mass is 32.2. The van der Waals surface area contributed by atoms with Gasteiger partial charge in [0, 0.05) is 26.6 Å². The Balaban J connectivity index is 1.46. The van der Waals surface area contributed by atoms with Gasteiger partial charge < -0.3 is 14.4 Å². The SMILES string of the molecule is COc1ccccc1OCCN(C)C(=O)CCc1ccc(S(=O)(=O)N2CCCCCC2)cc1. The van der Waals surface area contributed by atoms with Crippen LogP contribution in [-0.2, 0) is 21.2 Å². The minimum absolute atomic E-state index is 0.0138. The summed E-state index contributed by atoms with van der Waals surface area (Å²) >= 11 is 0. The summed E-state index contributed by atoms with van der Waals surface area (Å²) in [6.45, 7) is 2.01. The summed E-state index contributed by atoms with van der Waals surface area (Å²) in [5.74, 6) is 1.32. The number of carbonyl (C=O) groups is 1. The Kier molecular flexibility index (Phi) is 9.14. The van der Waals surface area contributed by atoms with Crippen molar-refractivity contribution in [2.75, 3.05) is 40.4 Å². The summed E-state index contributed by atoms with van der Waals surface area (Å²) in [7, 11) is -0.103. The van der Waals surface area contributed by atoms with Gasteiger partial charge in [-0.3, -0.25) is 4.79 Å². The molecule has 180 valence electrons. The molecule has 7 nitrogen and oxygen atoms in total. The standard InChI is InChI=1S/C25H34N2O5S/c1-26(19-20-32-24-10-6-5-9-23(24)31-2)25(28)16-13-21-11-14-22(15-12-21)33(29,30)27-17-7-3-4-8-18-27/h5-6,9-12,14-15H,3-4,7-8,13,16-20H2,1-2H3. The second-order valence-corrected chi connectivity index (χ2v) is 10.2. The molecule has 0 spiro atoms. The zero-order valence-corrected chi connectivity index (χ0v) is 20.4. The lowest BCUT2D eigenvalue weighted by Gasteiger charge is -2.20. The van der Waals surface area contributed by atoms with Crippen molar-refractivity contribution in [2.45, 2.75) is 43.4 Å². The fourth-order valence-corrected chi connectivity index (χ4v) is 5.37. The quantitative estimate of drug-likeness (QED) is 0.525. The lowest BCUT2D eigenvalue weighted by atomic mass is 10.1. The first-order valence-electron chi connectivity index (χ1n) is 11.5. The van der Waals surface area contributed by atoms with E-state index in [9.17, 15) is 13.2 Å². The van der Waals surface area contributed by atoms with Crippen LogP contribution in [0.1, 0.15) is 37.7 Å². The highest BCUT2D eigenvalue weighted by Gasteiger charge is 2.25. The third kappa shape index (κ3) is 6.95. The van der Waals surface area contributed by atoms with Crippen LogP contribution in [0.5, 0.6) is 11.5 Å². The predicted octanol–water partition coefficient (Wildman–Crippen LogP) is 3.73. The van der Waals surface area contributed by atoms with Gasteiger partial charge in [0.2, 0.25) is 15.9 Å². The summed E-state index contributed by atoms with van der Waals surface area (Å²) in [5.41, 5.74) is 0.942. The van der Waals surface area contributed by atoms with Gasteiger partial charge in [0.05, 0.1) is 18.6 Å². The van der Waals surface area contributed by atoms with E-state index in [-0.39, 0.29) is 5.91 Å². The molecule has 1 aliphatic heterocycles. The number of para-hydroxylation sites is 2. The zero-order chi connectivity index (χ0) is 23.7. The van der Waals surface area contributed by atoms with Crippen molar-refractivity contribution in [1.29, 1.82) is 0 Å². The Morgan fingerprint density at radius 3 is 2.24 bits per heavy atom. The first-order chi connectivity index (χ1) is 15.9. The number of methoxy groups -OCH3 is 1. The molecule has 0 saturated carbocycles. The van der Waals surface area contributed by atoms with E-state index in [1.54, 1.807) is 35.5 Å². The number of sulfonamides is 1. The Labute approximate surface area is 197 Å². The first-order valence-corrected chi connectivity index (χ1v) is 12.9. The van der Waals surface area contributed by atoms with E-state index in [0.29, 0.717) is 55.5 Å². The van der Waals surface area contributed by atoms with E-state index in [1.165, 1.54) is 0 Å². The molecule has 33 heavy (non-hydrogen) atoms. The van der Waals surface area contributed by atoms with Crippen LogP contribution in [0.15, 0.2) is 53.4 Å². The van der Waals surface area contributed by atoms with Gasteiger partial charge in [0.1, 0.15) is 6.61 Å². The fraction of sp³-hybridized carbons (Fsp3) is 0.480. The number of ether oxygens (including phenoxy) is 2. The average Bonchev–Trinajstić information content (AvgIpc) is 3.13. The highest BCUT2D eigenvalue weighted by Crippen LogP contribution is 2.25. The normalized spacial score (nSPS) is 15.0. The number of likely N-dealkylation sites (N-methyl/N-ethyl adjacent to an activating group) is 1. The van der Waals surface area contributed by atoms with E-state index in [1.807, 2.05) is 36.4 Å². The number of nitrogens with zero attached hydrogens (tertiary/aromatic N) is 2. The van der Waals surface area contributed by atoms with Crippen molar-refractivity contribution in [1.82, 2.24) is 9.21 Å². The summed E-state index contributed by atoms with van der Waals surface area (Å²) < 4.78 is 38.4. The summed E-state index contributed by atoms with van der Waals surface area (Å²) in [6.07, 6.45) is 4.90. The smallest absolute Gasteiger partial charge is 0.243 e. The lowest BCUT2D eigenvalue weighted by Crippen LogP contribution is -2.32. The minimum atomic E-state index is -3.45. The van der Waals surface area contributed by atoms with Gasteiger partial charge >= 0.3 is 0 Å². The predicted molar refractivity (Wildman–Crippen MR) is 128 cm³/mol. The maximum atomic E-state index is 12.9. The van der Waals surface area contributed by atoms with Crippen molar-refractivity contribution < 1.29 is 22.7 Å². The first kappa shape index (κ1) is 25.1. The average molecular weight is 475 g/mol. The Morgan fingerprint density at radius 1 is 0.970 bits per heavy atom. The second-order valence-electron chi connectivity index (χ2n) is 8.28. The molecule has 0 radical (unpaired) electrons. The van der Waals surface area contributed by atoms with Gasteiger partial charge in [-0.2, -0.15) is 4.31 Å². The molecule has 0 aromatic heterocycles. The third-order valence-electron chi connectivity index (χ3n) is 5.93. The zero-order valence-electron chi connectivity index (χ0n) is 19.5. The topological polar surface area (TPSA) is 76.1 Å². The molecule has 1 amide bonds. The third-order valence-corrected chi connectivity index (χ3v) is 7.85. The van der Waals surface area contributed by atoms with Crippen molar-refractivity contribution >= 4 is 15.9 Å². The molecule has 0 aliphatic carbocycles. The Bertz CT molecular complexity index is 1000. The maximum Gasteiger partial charge on any atom is 0.243 e. The van der Waals surface area contributed by atoms with Gasteiger partial charge in [0.15, 0.2) is 11.5 Å². The molecule has 0 bridgehead atoms. The monoisotopic (exact) mass is 474 g/mol. The number of amides is 1. The van der Waals surface area contributed by atoms with Crippen LogP contribution in [0.4, 0.5) is 0 Å². The molecule has 0 unspecified atom stereocenters. The number of rotatable bonds is 10. The van der Waals surface area contributed by atoms with Crippen molar-refractivity contribution in [3.8, 4) is 11.5 Å². The molecular formula is C25H34N2O5S. The Hall–Kier alpha value is -2.58. The van der Waals surface area contributed by atoms with E-state index in [4.69, 9.17) is 9.47 Å². The Morgan fingerprint density at radius 2 is 1.61 bits per heavy atom. The highest BCUT2D eigenvalue weighted by molar-refractivity contribution is 7.89. The molecule has 3 rings (SSSR count). The van der Waals surface area contributed by atoms with Gasteiger partial charge in [0.25, 0.3) is 0 Å². The summed E-state index contributed by atoms with van der Waals surface area (Å²) in [4.78, 5) is 14.5. The van der Waals surface area contributed by atoms with Gasteiger partial charge in [-0.25, -0.2) is 8.42 Å². The number of benzene rings is 2. The fourth-order valence-electron chi connectivity index (χ4n) is 3.86. The summed E-state index contributed by atoms with van der Waals surface area (Å²) in [5, 5.41) is 0. The van der Waals surface area contributed by atoms with Gasteiger partial charge in [-0.1, -0.05) is 37.1 Å². The molecular weight excluding hydrogens is 440 g/mol. The number of hydrogen-bond donors (Lipinski definition) is 0. The van der Waals surface area contributed by atoms with Crippen LogP contribution in [0.3, 0.4) is 0 Å². The minimum Gasteiger partial charge on any atom is -0.493 e.